The molecule has 7 nitrogen and oxygen atoms in total. The summed E-state index contributed by atoms with van der Waals surface area (Å²) in [7, 11) is 0. The van der Waals surface area contributed by atoms with Gasteiger partial charge in [0, 0.05) is 29.7 Å². The van der Waals surface area contributed by atoms with Gasteiger partial charge < -0.3 is 10.0 Å². The number of nitrogens with zero attached hydrogens (tertiary/aromatic N) is 5. The van der Waals surface area contributed by atoms with Crippen molar-refractivity contribution < 1.29 is 9.90 Å². The first kappa shape index (κ1) is 16.9. The predicted octanol–water partition coefficient (Wildman–Crippen LogP) is 2.31. The SMILES string of the molecule is O=C(c1ccnc(-n2cnnc2)c1)N1CCC([C@@H](O)c2cccs2)CC1. The Kier molecular flexibility index (Phi) is 4.77. The second kappa shape index (κ2) is 7.35. The van der Waals surface area contributed by atoms with E-state index in [-0.39, 0.29) is 11.8 Å². The molecule has 0 bridgehead atoms. The van der Waals surface area contributed by atoms with Crippen molar-refractivity contribution in [2.24, 2.45) is 5.92 Å². The van der Waals surface area contributed by atoms with E-state index in [4.69, 9.17) is 0 Å². The van der Waals surface area contributed by atoms with Crippen molar-refractivity contribution >= 4 is 17.2 Å². The van der Waals surface area contributed by atoms with Gasteiger partial charge in [-0.25, -0.2) is 4.98 Å². The van der Waals surface area contributed by atoms with Crippen LogP contribution in [-0.4, -0.2) is 48.8 Å². The summed E-state index contributed by atoms with van der Waals surface area (Å²) in [5, 5.41) is 20.0. The number of likely N-dealkylation sites (tertiary alicyclic amines) is 1. The van der Waals surface area contributed by atoms with E-state index >= 15 is 0 Å². The Hall–Kier alpha value is -2.58. The molecule has 1 aliphatic heterocycles. The van der Waals surface area contributed by atoms with Crippen LogP contribution in [0.15, 0.2) is 48.5 Å². The zero-order valence-electron chi connectivity index (χ0n) is 14.1. The molecule has 4 heterocycles. The Morgan fingerprint density at radius 1 is 1.23 bits per heavy atom. The van der Waals surface area contributed by atoms with Crippen LogP contribution in [-0.2, 0) is 0 Å². The molecule has 3 aromatic heterocycles. The van der Waals surface area contributed by atoms with Crippen LogP contribution in [0.3, 0.4) is 0 Å². The molecule has 0 radical (unpaired) electrons. The molecule has 1 N–H and O–H groups in total. The van der Waals surface area contributed by atoms with Crippen LogP contribution < -0.4 is 0 Å². The minimum absolute atomic E-state index is 0.00853. The lowest BCUT2D eigenvalue weighted by Crippen LogP contribution is -2.39. The number of carbonyl (C=O) groups excluding carboxylic acids is 1. The molecule has 1 aliphatic rings. The molecular weight excluding hydrogens is 350 g/mol. The molecule has 1 amide bonds. The first-order valence-electron chi connectivity index (χ1n) is 8.54. The highest BCUT2D eigenvalue weighted by molar-refractivity contribution is 7.10. The highest BCUT2D eigenvalue weighted by atomic mass is 32.1. The topological polar surface area (TPSA) is 84.1 Å². The number of aliphatic hydroxyl groups excluding tert-OH is 1. The number of aliphatic hydroxyl groups is 1. The number of carbonyl (C=O) groups is 1. The van der Waals surface area contributed by atoms with Gasteiger partial charge in [0.25, 0.3) is 5.91 Å². The van der Waals surface area contributed by atoms with Crippen molar-refractivity contribution in [2.75, 3.05) is 13.1 Å². The van der Waals surface area contributed by atoms with Gasteiger partial charge >= 0.3 is 0 Å². The first-order chi connectivity index (χ1) is 12.7. The second-order valence-electron chi connectivity index (χ2n) is 6.36. The zero-order valence-corrected chi connectivity index (χ0v) is 14.9. The largest absolute Gasteiger partial charge is 0.387 e. The third kappa shape index (κ3) is 3.38. The molecule has 4 rings (SSSR count). The summed E-state index contributed by atoms with van der Waals surface area (Å²) in [5.74, 6) is 0.803. The number of thiophene rings is 1. The first-order valence-corrected chi connectivity index (χ1v) is 9.42. The predicted molar refractivity (Wildman–Crippen MR) is 97.1 cm³/mol. The highest BCUT2D eigenvalue weighted by Crippen LogP contribution is 2.33. The molecule has 3 aromatic rings. The molecule has 1 fully saturated rings. The number of aromatic nitrogens is 4. The fourth-order valence-corrected chi connectivity index (χ4v) is 4.11. The number of hydrogen-bond acceptors (Lipinski definition) is 6. The molecule has 8 heteroatoms. The fourth-order valence-electron chi connectivity index (χ4n) is 3.30. The van der Waals surface area contributed by atoms with Gasteiger partial charge in [-0.1, -0.05) is 6.07 Å². The molecule has 0 aromatic carbocycles. The minimum atomic E-state index is -0.437. The summed E-state index contributed by atoms with van der Waals surface area (Å²) >= 11 is 1.58. The van der Waals surface area contributed by atoms with Gasteiger partial charge in [0.15, 0.2) is 0 Å². The lowest BCUT2D eigenvalue weighted by molar-refractivity contribution is 0.0474. The van der Waals surface area contributed by atoms with Crippen molar-refractivity contribution in [2.45, 2.75) is 18.9 Å². The summed E-state index contributed by atoms with van der Waals surface area (Å²) < 4.78 is 1.67. The molecule has 1 atom stereocenters. The van der Waals surface area contributed by atoms with Gasteiger partial charge in [-0.3, -0.25) is 9.36 Å². The number of pyridine rings is 1. The summed E-state index contributed by atoms with van der Waals surface area (Å²) in [4.78, 5) is 19.9. The van der Waals surface area contributed by atoms with Gasteiger partial charge in [0.05, 0.1) is 6.10 Å². The molecule has 0 spiro atoms. The molecule has 1 saturated heterocycles. The Morgan fingerprint density at radius 2 is 2.00 bits per heavy atom. The van der Waals surface area contributed by atoms with Crippen LogP contribution in [0.4, 0.5) is 0 Å². The van der Waals surface area contributed by atoms with Gasteiger partial charge in [-0.05, 0) is 42.3 Å². The summed E-state index contributed by atoms with van der Waals surface area (Å²) in [6.45, 7) is 1.30. The maximum Gasteiger partial charge on any atom is 0.254 e. The highest BCUT2D eigenvalue weighted by Gasteiger charge is 2.29. The monoisotopic (exact) mass is 369 g/mol. The number of hydrogen-bond donors (Lipinski definition) is 1. The Bertz CT molecular complexity index is 858. The third-order valence-corrected chi connectivity index (χ3v) is 5.73. The molecule has 0 aliphatic carbocycles. The van der Waals surface area contributed by atoms with E-state index in [2.05, 4.69) is 15.2 Å². The smallest absolute Gasteiger partial charge is 0.254 e. The summed E-state index contributed by atoms with van der Waals surface area (Å²) in [6, 6.07) is 7.40. The lowest BCUT2D eigenvalue weighted by Gasteiger charge is -2.34. The van der Waals surface area contributed by atoms with Crippen LogP contribution in [0.1, 0.15) is 34.2 Å². The van der Waals surface area contributed by atoms with Crippen LogP contribution in [0.25, 0.3) is 5.82 Å². The van der Waals surface area contributed by atoms with Crippen molar-refractivity contribution in [3.05, 3.63) is 58.9 Å². The third-order valence-electron chi connectivity index (χ3n) is 4.78. The normalized spacial score (nSPS) is 16.6. The van der Waals surface area contributed by atoms with Crippen LogP contribution >= 0.6 is 11.3 Å². The fraction of sp³-hybridized carbons (Fsp3) is 0.333. The van der Waals surface area contributed by atoms with Crippen LogP contribution in [0.2, 0.25) is 0 Å². The van der Waals surface area contributed by atoms with Crippen LogP contribution in [0.5, 0.6) is 0 Å². The molecule has 0 unspecified atom stereocenters. The van der Waals surface area contributed by atoms with Crippen molar-refractivity contribution in [3.63, 3.8) is 0 Å². The molecule has 26 heavy (non-hydrogen) atoms. The lowest BCUT2D eigenvalue weighted by atomic mass is 9.90. The number of amides is 1. The Labute approximate surface area is 154 Å². The Balaban J connectivity index is 1.42. The molecular formula is C18H19N5O2S. The van der Waals surface area contributed by atoms with Gasteiger partial charge in [0.2, 0.25) is 0 Å². The average molecular weight is 369 g/mol. The summed E-state index contributed by atoms with van der Waals surface area (Å²) in [5.41, 5.74) is 0.598. The van der Waals surface area contributed by atoms with Crippen LogP contribution in [0, 0.1) is 5.92 Å². The van der Waals surface area contributed by atoms with Crippen molar-refractivity contribution in [3.8, 4) is 5.82 Å². The summed E-state index contributed by atoms with van der Waals surface area (Å²) in [6.07, 6.45) is 5.88. The minimum Gasteiger partial charge on any atom is -0.387 e. The van der Waals surface area contributed by atoms with E-state index < -0.39 is 6.10 Å². The van der Waals surface area contributed by atoms with Gasteiger partial charge in [-0.15, -0.1) is 21.5 Å². The second-order valence-corrected chi connectivity index (χ2v) is 7.34. The van der Waals surface area contributed by atoms with E-state index in [1.165, 1.54) is 0 Å². The maximum absolute atomic E-state index is 12.8. The number of rotatable bonds is 4. The molecule has 134 valence electrons. The van der Waals surface area contributed by atoms with Gasteiger partial charge in [-0.2, -0.15) is 0 Å². The van der Waals surface area contributed by atoms with E-state index in [1.807, 2.05) is 22.4 Å². The maximum atomic E-state index is 12.8. The number of piperidine rings is 1. The van der Waals surface area contributed by atoms with E-state index in [0.717, 1.165) is 17.7 Å². The molecule has 0 saturated carbocycles. The Morgan fingerprint density at radius 3 is 2.69 bits per heavy atom. The standard InChI is InChI=1S/C18H19N5O2S/c24-17(15-2-1-9-26-15)13-4-7-22(8-5-13)18(25)14-3-6-19-16(10-14)23-11-20-21-12-23/h1-3,6,9-13,17,24H,4-5,7-8H2/t17-/m1/s1. The van der Waals surface area contributed by atoms with Gasteiger partial charge in [0.1, 0.15) is 18.5 Å². The zero-order chi connectivity index (χ0) is 17.9. The van der Waals surface area contributed by atoms with E-state index in [9.17, 15) is 9.90 Å². The quantitative estimate of drug-likeness (QED) is 0.763. The average Bonchev–Trinajstić information content (AvgIpc) is 3.41. The van der Waals surface area contributed by atoms with Crippen molar-refractivity contribution in [1.29, 1.82) is 0 Å². The van der Waals surface area contributed by atoms with E-state index in [0.29, 0.717) is 24.5 Å². The van der Waals surface area contributed by atoms with E-state index in [1.54, 1.807) is 46.9 Å². The van der Waals surface area contributed by atoms with Crippen molar-refractivity contribution in [1.82, 2.24) is 24.6 Å².